The zero-order valence-corrected chi connectivity index (χ0v) is 13.9. The molecule has 6 nitrogen and oxygen atoms in total. The number of carbonyl (C=O) groups is 1. The molecule has 2 amide bonds. The maximum atomic E-state index is 12.9. The van der Waals surface area contributed by atoms with Crippen LogP contribution in [-0.4, -0.2) is 43.8 Å². The van der Waals surface area contributed by atoms with E-state index < -0.39 is 0 Å². The summed E-state index contributed by atoms with van der Waals surface area (Å²) in [7, 11) is 0. The number of furan rings is 1. The molecule has 0 saturated carbocycles. The summed E-state index contributed by atoms with van der Waals surface area (Å²) in [5.41, 5.74) is 0.840. The van der Waals surface area contributed by atoms with Crippen LogP contribution in [0.5, 0.6) is 0 Å². The van der Waals surface area contributed by atoms with Gasteiger partial charge in [0.2, 0.25) is 0 Å². The summed E-state index contributed by atoms with van der Waals surface area (Å²) in [5.74, 6) is 0.528. The first-order valence-corrected chi connectivity index (χ1v) is 8.34. The van der Waals surface area contributed by atoms with E-state index in [1.165, 1.54) is 12.1 Å². The van der Waals surface area contributed by atoms with Crippen molar-refractivity contribution in [2.24, 2.45) is 0 Å². The molecule has 0 radical (unpaired) electrons. The van der Waals surface area contributed by atoms with Gasteiger partial charge in [-0.05, 0) is 29.8 Å². The molecule has 7 heteroatoms. The van der Waals surface area contributed by atoms with Crippen molar-refractivity contribution < 1.29 is 18.3 Å². The molecule has 0 spiro atoms. The van der Waals surface area contributed by atoms with Crippen molar-refractivity contribution in [1.82, 2.24) is 15.5 Å². The summed E-state index contributed by atoms with van der Waals surface area (Å²) in [6, 6.07) is 9.50. The van der Waals surface area contributed by atoms with Crippen molar-refractivity contribution >= 4 is 6.03 Å². The van der Waals surface area contributed by atoms with Crippen LogP contribution in [0.15, 0.2) is 47.1 Å². The molecule has 2 N–H and O–H groups in total. The Bertz CT molecular complexity index is 655. The molecule has 1 aliphatic rings. The highest BCUT2D eigenvalue weighted by molar-refractivity contribution is 5.73. The number of ether oxygens (including phenoxy) is 1. The third kappa shape index (κ3) is 5.04. The number of benzene rings is 1. The van der Waals surface area contributed by atoms with E-state index in [-0.39, 0.29) is 17.9 Å². The maximum absolute atomic E-state index is 12.9. The zero-order chi connectivity index (χ0) is 17.5. The first-order chi connectivity index (χ1) is 12.2. The average Bonchev–Trinajstić information content (AvgIpc) is 3.17. The topological polar surface area (TPSA) is 66.7 Å². The van der Waals surface area contributed by atoms with Crippen LogP contribution < -0.4 is 10.6 Å². The normalized spacial score (nSPS) is 16.4. The predicted molar refractivity (Wildman–Crippen MR) is 90.5 cm³/mol. The van der Waals surface area contributed by atoms with Crippen LogP contribution in [0, 0.1) is 5.82 Å². The minimum Gasteiger partial charge on any atom is -0.468 e. The average molecular weight is 347 g/mol. The van der Waals surface area contributed by atoms with Crippen molar-refractivity contribution in [2.75, 3.05) is 32.8 Å². The Hall–Kier alpha value is -2.38. The number of amides is 2. The fraction of sp³-hybridized carbons (Fsp3) is 0.389. The van der Waals surface area contributed by atoms with Gasteiger partial charge in [-0.15, -0.1) is 0 Å². The molecule has 3 rings (SSSR count). The largest absolute Gasteiger partial charge is 0.468 e. The molecule has 134 valence electrons. The quantitative estimate of drug-likeness (QED) is 0.841. The summed E-state index contributed by atoms with van der Waals surface area (Å²) in [6.07, 6.45) is 1.64. The predicted octanol–water partition coefficient (Wildman–Crippen LogP) is 2.29. The number of hydrogen-bond acceptors (Lipinski definition) is 4. The van der Waals surface area contributed by atoms with Gasteiger partial charge in [0.25, 0.3) is 0 Å². The van der Waals surface area contributed by atoms with E-state index in [0.29, 0.717) is 26.3 Å². The standard InChI is InChI=1S/C18H22FN3O3/c19-15-5-3-14(4-6-15)12-20-18(23)21-13-16(17-2-1-9-25-17)22-7-10-24-11-8-22/h1-6,9,16H,7-8,10-13H2,(H2,20,21,23)/t16-/m1/s1. The lowest BCUT2D eigenvalue weighted by molar-refractivity contribution is 0.0123. The van der Waals surface area contributed by atoms with Crippen LogP contribution in [0.4, 0.5) is 9.18 Å². The first kappa shape index (κ1) is 17.4. The van der Waals surface area contributed by atoms with Crippen molar-refractivity contribution in [1.29, 1.82) is 0 Å². The molecule has 0 bridgehead atoms. The van der Waals surface area contributed by atoms with E-state index in [9.17, 15) is 9.18 Å². The lowest BCUT2D eigenvalue weighted by Crippen LogP contribution is -2.45. The Balaban J connectivity index is 1.51. The number of urea groups is 1. The monoisotopic (exact) mass is 347 g/mol. The lowest BCUT2D eigenvalue weighted by Gasteiger charge is -2.33. The third-order valence-corrected chi connectivity index (χ3v) is 4.18. The Morgan fingerprint density at radius 2 is 1.92 bits per heavy atom. The van der Waals surface area contributed by atoms with Crippen LogP contribution >= 0.6 is 0 Å². The summed E-state index contributed by atoms with van der Waals surface area (Å²) >= 11 is 0. The molecule has 0 aliphatic carbocycles. The molecule has 2 heterocycles. The van der Waals surface area contributed by atoms with Crippen LogP contribution in [0.1, 0.15) is 17.4 Å². The summed E-state index contributed by atoms with van der Waals surface area (Å²) in [5, 5.41) is 5.66. The van der Waals surface area contributed by atoms with Gasteiger partial charge < -0.3 is 19.8 Å². The van der Waals surface area contributed by atoms with Gasteiger partial charge in [-0.2, -0.15) is 0 Å². The molecule has 1 aliphatic heterocycles. The number of carbonyl (C=O) groups excluding carboxylic acids is 1. The first-order valence-electron chi connectivity index (χ1n) is 8.34. The van der Waals surface area contributed by atoms with Gasteiger partial charge in [0.15, 0.2) is 0 Å². The third-order valence-electron chi connectivity index (χ3n) is 4.18. The van der Waals surface area contributed by atoms with Gasteiger partial charge in [-0.3, -0.25) is 4.90 Å². The zero-order valence-electron chi connectivity index (χ0n) is 13.9. The van der Waals surface area contributed by atoms with Crippen molar-refractivity contribution in [3.05, 3.63) is 59.8 Å². The molecule has 1 aromatic carbocycles. The highest BCUT2D eigenvalue weighted by Crippen LogP contribution is 2.21. The Morgan fingerprint density at radius 3 is 2.60 bits per heavy atom. The minimum atomic E-state index is -0.292. The SMILES string of the molecule is O=C(NCc1ccc(F)cc1)NC[C@H](c1ccco1)N1CCOCC1. The molecule has 0 unspecified atom stereocenters. The molecule has 1 aromatic heterocycles. The fourth-order valence-corrected chi connectivity index (χ4v) is 2.82. The van der Waals surface area contributed by atoms with Gasteiger partial charge in [-0.1, -0.05) is 12.1 Å². The van der Waals surface area contributed by atoms with E-state index >= 15 is 0 Å². The van der Waals surface area contributed by atoms with Crippen LogP contribution in [0.2, 0.25) is 0 Å². The van der Waals surface area contributed by atoms with Crippen molar-refractivity contribution in [3.8, 4) is 0 Å². The summed E-state index contributed by atoms with van der Waals surface area (Å²) < 4.78 is 23.8. The lowest BCUT2D eigenvalue weighted by atomic mass is 10.1. The Morgan fingerprint density at radius 1 is 1.16 bits per heavy atom. The fourth-order valence-electron chi connectivity index (χ4n) is 2.82. The van der Waals surface area contributed by atoms with E-state index in [1.807, 2.05) is 12.1 Å². The van der Waals surface area contributed by atoms with Gasteiger partial charge in [0.05, 0.1) is 25.5 Å². The molecule has 2 aromatic rings. The smallest absolute Gasteiger partial charge is 0.315 e. The number of morpholine rings is 1. The summed E-state index contributed by atoms with van der Waals surface area (Å²) in [6.45, 7) is 3.72. The highest BCUT2D eigenvalue weighted by atomic mass is 19.1. The maximum Gasteiger partial charge on any atom is 0.315 e. The second kappa shape index (κ2) is 8.64. The van der Waals surface area contributed by atoms with E-state index in [1.54, 1.807) is 18.4 Å². The van der Waals surface area contributed by atoms with Crippen LogP contribution in [-0.2, 0) is 11.3 Å². The van der Waals surface area contributed by atoms with E-state index in [2.05, 4.69) is 15.5 Å². The van der Waals surface area contributed by atoms with E-state index in [0.717, 1.165) is 24.4 Å². The highest BCUT2D eigenvalue weighted by Gasteiger charge is 2.25. The second-order valence-corrected chi connectivity index (χ2v) is 5.87. The second-order valence-electron chi connectivity index (χ2n) is 5.87. The number of nitrogens with one attached hydrogen (secondary N) is 2. The Kier molecular flexibility index (Phi) is 6.03. The molecule has 1 atom stereocenters. The Labute approximate surface area is 145 Å². The molecular formula is C18H22FN3O3. The molecule has 1 fully saturated rings. The molecule has 25 heavy (non-hydrogen) atoms. The van der Waals surface area contributed by atoms with Crippen molar-refractivity contribution in [3.63, 3.8) is 0 Å². The van der Waals surface area contributed by atoms with Crippen LogP contribution in [0.25, 0.3) is 0 Å². The number of hydrogen-bond donors (Lipinski definition) is 2. The minimum absolute atomic E-state index is 0.0320. The van der Waals surface area contributed by atoms with Crippen molar-refractivity contribution in [2.45, 2.75) is 12.6 Å². The number of rotatable bonds is 6. The summed E-state index contributed by atoms with van der Waals surface area (Å²) in [4.78, 5) is 14.3. The van der Waals surface area contributed by atoms with Crippen LogP contribution in [0.3, 0.4) is 0 Å². The molecular weight excluding hydrogens is 325 g/mol. The number of nitrogens with zero attached hydrogens (tertiary/aromatic N) is 1. The molecule has 1 saturated heterocycles. The van der Waals surface area contributed by atoms with Gasteiger partial charge in [0, 0.05) is 26.2 Å². The van der Waals surface area contributed by atoms with Gasteiger partial charge >= 0.3 is 6.03 Å². The number of halogens is 1. The van der Waals surface area contributed by atoms with Gasteiger partial charge in [-0.25, -0.2) is 9.18 Å². The van der Waals surface area contributed by atoms with E-state index in [4.69, 9.17) is 9.15 Å². The van der Waals surface area contributed by atoms with Gasteiger partial charge in [0.1, 0.15) is 11.6 Å².